The summed E-state index contributed by atoms with van der Waals surface area (Å²) in [6.07, 6.45) is -2.58. The Labute approximate surface area is 71.5 Å². The lowest BCUT2D eigenvalue weighted by Crippen LogP contribution is -1.89. The number of hydrogen-bond acceptors (Lipinski definition) is 2. The third-order valence-corrected chi connectivity index (χ3v) is 2.60. The minimum absolute atomic E-state index is 0.0391. The van der Waals surface area contributed by atoms with Gasteiger partial charge < -0.3 is 5.11 Å². The lowest BCUT2D eigenvalue weighted by atomic mass is 10.3. The molecule has 0 aliphatic rings. The highest BCUT2D eigenvalue weighted by molar-refractivity contribution is 7.14. The van der Waals surface area contributed by atoms with E-state index >= 15 is 0 Å². The topological polar surface area (TPSA) is 37.3 Å². The third kappa shape index (κ3) is 1.61. The predicted molar refractivity (Wildman–Crippen MR) is 41.0 cm³/mol. The van der Waals surface area contributed by atoms with Crippen LogP contribution >= 0.6 is 11.3 Å². The first-order valence-corrected chi connectivity index (χ1v) is 3.95. The molecule has 0 aromatic carbocycles. The highest BCUT2D eigenvalue weighted by atomic mass is 32.1. The van der Waals surface area contributed by atoms with Crippen LogP contribution < -0.4 is 0 Å². The maximum absolute atomic E-state index is 12.1. The van der Waals surface area contributed by atoms with Crippen LogP contribution in [0.5, 0.6) is 0 Å². The number of carboxylic acid groups (broad SMARTS) is 1. The standard InChI is InChI=1S/C7H6F2O2S/c1-3-2-4(7(10)11)12-5(3)6(8)9/h2,6H,1H3,(H,10,11). The molecule has 1 rings (SSSR count). The summed E-state index contributed by atoms with van der Waals surface area (Å²) in [5.41, 5.74) is 0.340. The van der Waals surface area contributed by atoms with Gasteiger partial charge in [-0.15, -0.1) is 11.3 Å². The van der Waals surface area contributed by atoms with Crippen molar-refractivity contribution in [1.82, 2.24) is 0 Å². The van der Waals surface area contributed by atoms with E-state index in [1.807, 2.05) is 0 Å². The van der Waals surface area contributed by atoms with Gasteiger partial charge in [-0.05, 0) is 18.6 Å². The highest BCUT2D eigenvalue weighted by Gasteiger charge is 2.17. The summed E-state index contributed by atoms with van der Waals surface area (Å²) in [5, 5.41) is 8.47. The van der Waals surface area contributed by atoms with Crippen LogP contribution in [0.1, 0.15) is 26.5 Å². The van der Waals surface area contributed by atoms with Crippen molar-refractivity contribution in [2.45, 2.75) is 13.3 Å². The molecule has 0 radical (unpaired) electrons. The Bertz CT molecular complexity index is 306. The van der Waals surface area contributed by atoms with Gasteiger partial charge in [0.05, 0.1) is 4.88 Å². The highest BCUT2D eigenvalue weighted by Crippen LogP contribution is 2.30. The molecule has 1 aromatic heterocycles. The Morgan fingerprint density at radius 3 is 2.50 bits per heavy atom. The molecule has 1 N–H and O–H groups in total. The molecule has 0 atom stereocenters. The summed E-state index contributed by atoms with van der Waals surface area (Å²) >= 11 is 0.626. The molecule has 66 valence electrons. The van der Waals surface area contributed by atoms with Crippen molar-refractivity contribution >= 4 is 17.3 Å². The minimum Gasteiger partial charge on any atom is -0.477 e. The SMILES string of the molecule is Cc1cc(C(=O)O)sc1C(F)F. The molecule has 0 aliphatic carbocycles. The molecule has 0 saturated heterocycles. The largest absolute Gasteiger partial charge is 0.477 e. The molecule has 0 amide bonds. The second-order valence-corrected chi connectivity index (χ2v) is 3.35. The van der Waals surface area contributed by atoms with Crippen molar-refractivity contribution in [3.63, 3.8) is 0 Å². The van der Waals surface area contributed by atoms with Crippen LogP contribution in [0.15, 0.2) is 6.07 Å². The summed E-state index contributed by atoms with van der Waals surface area (Å²) in [6.45, 7) is 1.48. The lowest BCUT2D eigenvalue weighted by Gasteiger charge is -1.93. The van der Waals surface area contributed by atoms with Gasteiger partial charge in [-0.1, -0.05) is 0 Å². The molecule has 0 unspecified atom stereocenters. The molecule has 0 bridgehead atoms. The maximum atomic E-state index is 12.1. The van der Waals surface area contributed by atoms with Gasteiger partial charge in [-0.2, -0.15) is 0 Å². The number of rotatable bonds is 2. The van der Waals surface area contributed by atoms with Gasteiger partial charge in [0.25, 0.3) is 6.43 Å². The fraction of sp³-hybridized carbons (Fsp3) is 0.286. The fourth-order valence-electron chi connectivity index (χ4n) is 0.818. The average Bonchev–Trinajstić information content (AvgIpc) is 2.30. The number of carbonyl (C=O) groups is 1. The van der Waals surface area contributed by atoms with E-state index in [1.54, 1.807) is 0 Å². The molecule has 12 heavy (non-hydrogen) atoms. The number of carboxylic acids is 1. The van der Waals surface area contributed by atoms with Crippen molar-refractivity contribution < 1.29 is 18.7 Å². The maximum Gasteiger partial charge on any atom is 0.345 e. The Morgan fingerprint density at radius 2 is 2.25 bits per heavy atom. The van der Waals surface area contributed by atoms with Gasteiger partial charge in [-0.25, -0.2) is 13.6 Å². The van der Waals surface area contributed by atoms with Crippen LogP contribution in [0.4, 0.5) is 8.78 Å². The van der Waals surface area contributed by atoms with Crippen molar-refractivity contribution in [3.8, 4) is 0 Å². The molecule has 1 heterocycles. The summed E-state index contributed by atoms with van der Waals surface area (Å²) in [4.78, 5) is 10.2. The van der Waals surface area contributed by atoms with Crippen LogP contribution in [0, 0.1) is 6.92 Å². The van der Waals surface area contributed by atoms with Crippen molar-refractivity contribution in [2.24, 2.45) is 0 Å². The molecule has 1 aromatic rings. The molecular weight excluding hydrogens is 186 g/mol. The summed E-state index contributed by atoms with van der Waals surface area (Å²) in [6, 6.07) is 1.26. The Kier molecular flexibility index (Phi) is 2.42. The van der Waals surface area contributed by atoms with Gasteiger partial charge >= 0.3 is 5.97 Å². The second-order valence-electron chi connectivity index (χ2n) is 2.26. The minimum atomic E-state index is -2.58. The van der Waals surface area contributed by atoms with E-state index in [0.29, 0.717) is 16.9 Å². The number of thiophene rings is 1. The Hall–Kier alpha value is -0.970. The van der Waals surface area contributed by atoms with Crippen LogP contribution in [-0.2, 0) is 0 Å². The van der Waals surface area contributed by atoms with Gasteiger partial charge in [0, 0.05) is 0 Å². The van der Waals surface area contributed by atoms with Crippen molar-refractivity contribution in [1.29, 1.82) is 0 Å². The summed E-state index contributed by atoms with van der Waals surface area (Å²) < 4.78 is 24.2. The van der Waals surface area contributed by atoms with Gasteiger partial charge in [0.2, 0.25) is 0 Å². The van der Waals surface area contributed by atoms with Gasteiger partial charge in [0.1, 0.15) is 4.88 Å². The van der Waals surface area contributed by atoms with Gasteiger partial charge in [-0.3, -0.25) is 0 Å². The smallest absolute Gasteiger partial charge is 0.345 e. The zero-order valence-corrected chi connectivity index (χ0v) is 6.99. The van der Waals surface area contributed by atoms with Crippen molar-refractivity contribution in [3.05, 3.63) is 21.4 Å². The third-order valence-electron chi connectivity index (χ3n) is 1.37. The molecule has 0 aliphatic heterocycles. The van der Waals surface area contributed by atoms with E-state index in [2.05, 4.69) is 0 Å². The predicted octanol–water partition coefficient (Wildman–Crippen LogP) is 2.69. The molecule has 0 spiro atoms. The molecule has 2 nitrogen and oxygen atoms in total. The van der Waals surface area contributed by atoms with E-state index in [1.165, 1.54) is 13.0 Å². The molecule has 0 fully saturated rings. The second kappa shape index (κ2) is 3.18. The van der Waals surface area contributed by atoms with Crippen LogP contribution in [0.3, 0.4) is 0 Å². The molecule has 0 saturated carbocycles. The number of alkyl halides is 2. The number of halogens is 2. The van der Waals surface area contributed by atoms with E-state index in [0.717, 1.165) is 0 Å². The van der Waals surface area contributed by atoms with Crippen molar-refractivity contribution in [2.75, 3.05) is 0 Å². The first kappa shape index (κ1) is 9.12. The normalized spacial score (nSPS) is 10.7. The molecular formula is C7H6F2O2S. The van der Waals surface area contributed by atoms with E-state index < -0.39 is 12.4 Å². The van der Waals surface area contributed by atoms with Crippen LogP contribution in [-0.4, -0.2) is 11.1 Å². The first-order valence-electron chi connectivity index (χ1n) is 3.14. The zero-order valence-electron chi connectivity index (χ0n) is 6.17. The number of aromatic carboxylic acids is 1. The first-order chi connectivity index (χ1) is 5.52. The molecule has 5 heteroatoms. The monoisotopic (exact) mass is 192 g/mol. The zero-order chi connectivity index (χ0) is 9.30. The summed E-state index contributed by atoms with van der Waals surface area (Å²) in [7, 11) is 0. The summed E-state index contributed by atoms with van der Waals surface area (Å²) in [5.74, 6) is -1.16. The number of aryl methyl sites for hydroxylation is 1. The lowest BCUT2D eigenvalue weighted by molar-refractivity contribution is 0.0702. The van der Waals surface area contributed by atoms with E-state index in [-0.39, 0.29) is 9.75 Å². The van der Waals surface area contributed by atoms with Crippen LogP contribution in [0.25, 0.3) is 0 Å². The Morgan fingerprint density at radius 1 is 1.67 bits per heavy atom. The Balaban J connectivity index is 3.09. The quantitative estimate of drug-likeness (QED) is 0.782. The fourth-order valence-corrected chi connectivity index (χ4v) is 1.69. The number of hydrogen-bond donors (Lipinski definition) is 1. The van der Waals surface area contributed by atoms with Gasteiger partial charge in [0.15, 0.2) is 0 Å². The van der Waals surface area contributed by atoms with E-state index in [4.69, 9.17) is 5.11 Å². The van der Waals surface area contributed by atoms with Crippen LogP contribution in [0.2, 0.25) is 0 Å². The van der Waals surface area contributed by atoms with E-state index in [9.17, 15) is 13.6 Å². The average molecular weight is 192 g/mol.